The quantitative estimate of drug-likeness (QED) is 0.552. The summed E-state index contributed by atoms with van der Waals surface area (Å²) in [6, 6.07) is 19.7. The molecular formula is C23H25NO3. The first-order valence-corrected chi connectivity index (χ1v) is 9.06. The van der Waals surface area contributed by atoms with E-state index in [0.717, 1.165) is 16.8 Å². The van der Waals surface area contributed by atoms with Gasteiger partial charge < -0.3 is 9.47 Å². The highest BCUT2D eigenvalue weighted by atomic mass is 16.6. The number of carbonyl (C=O) groups is 1. The lowest BCUT2D eigenvalue weighted by Crippen LogP contribution is -2.56. The average molecular weight is 363 g/mol. The Morgan fingerprint density at radius 2 is 1.74 bits per heavy atom. The maximum absolute atomic E-state index is 13.1. The summed E-state index contributed by atoms with van der Waals surface area (Å²) in [6.07, 6.45) is 2.59. The van der Waals surface area contributed by atoms with E-state index in [2.05, 4.69) is 6.58 Å². The highest BCUT2D eigenvalue weighted by molar-refractivity contribution is 6.10. The van der Waals surface area contributed by atoms with Gasteiger partial charge in [0.15, 0.2) is 11.1 Å². The predicted molar refractivity (Wildman–Crippen MR) is 107 cm³/mol. The van der Waals surface area contributed by atoms with Gasteiger partial charge in [0, 0.05) is 20.0 Å². The molecule has 1 heterocycles. The SMILES string of the molecule is C=CC[C@]1(Cc2ccccc2)N=C(c2ccccc2)[C@](C)(COC)OC1=O. The summed E-state index contributed by atoms with van der Waals surface area (Å²) in [5.74, 6) is -0.342. The van der Waals surface area contributed by atoms with Crippen LogP contribution in [0.3, 0.4) is 0 Å². The summed E-state index contributed by atoms with van der Waals surface area (Å²) in [7, 11) is 1.59. The van der Waals surface area contributed by atoms with Gasteiger partial charge in [-0.2, -0.15) is 0 Å². The third-order valence-corrected chi connectivity index (χ3v) is 4.81. The zero-order valence-electron chi connectivity index (χ0n) is 15.9. The molecule has 0 aromatic heterocycles. The molecule has 0 aliphatic carbocycles. The molecule has 140 valence electrons. The molecule has 0 saturated heterocycles. The van der Waals surface area contributed by atoms with Crippen LogP contribution in [-0.4, -0.2) is 36.5 Å². The fourth-order valence-corrected chi connectivity index (χ4v) is 3.55. The van der Waals surface area contributed by atoms with Gasteiger partial charge >= 0.3 is 5.97 Å². The first-order valence-electron chi connectivity index (χ1n) is 9.06. The molecule has 4 nitrogen and oxygen atoms in total. The second-order valence-electron chi connectivity index (χ2n) is 7.07. The van der Waals surface area contributed by atoms with Crippen LogP contribution in [0, 0.1) is 0 Å². The van der Waals surface area contributed by atoms with Crippen molar-refractivity contribution in [1.29, 1.82) is 0 Å². The Hall–Kier alpha value is -2.72. The van der Waals surface area contributed by atoms with Gasteiger partial charge in [-0.25, -0.2) is 4.79 Å². The first kappa shape index (κ1) is 19.1. The molecule has 1 aliphatic rings. The molecule has 2 atom stereocenters. The van der Waals surface area contributed by atoms with Crippen molar-refractivity contribution >= 4 is 11.7 Å². The molecule has 0 saturated carbocycles. The number of hydrogen-bond acceptors (Lipinski definition) is 4. The van der Waals surface area contributed by atoms with Crippen molar-refractivity contribution in [3.8, 4) is 0 Å². The lowest BCUT2D eigenvalue weighted by Gasteiger charge is -2.41. The number of hydrogen-bond donors (Lipinski definition) is 0. The van der Waals surface area contributed by atoms with E-state index in [0.29, 0.717) is 12.8 Å². The van der Waals surface area contributed by atoms with Gasteiger partial charge in [0.05, 0.1) is 12.3 Å². The van der Waals surface area contributed by atoms with E-state index < -0.39 is 11.1 Å². The fraction of sp³-hybridized carbons (Fsp3) is 0.304. The van der Waals surface area contributed by atoms with E-state index in [1.807, 2.05) is 67.6 Å². The maximum atomic E-state index is 13.1. The number of aliphatic imine (C=N–C) groups is 1. The minimum Gasteiger partial charge on any atom is -0.449 e. The Bertz CT molecular complexity index is 831. The molecule has 0 unspecified atom stereocenters. The minimum atomic E-state index is -1.03. The third kappa shape index (κ3) is 3.86. The topological polar surface area (TPSA) is 47.9 Å². The lowest BCUT2D eigenvalue weighted by molar-refractivity contribution is -0.164. The molecule has 0 N–H and O–H groups in total. The summed E-state index contributed by atoms with van der Waals surface area (Å²) in [5.41, 5.74) is 0.715. The number of cyclic esters (lactones) is 1. The number of ether oxygens (including phenoxy) is 2. The van der Waals surface area contributed by atoms with Crippen molar-refractivity contribution in [3.63, 3.8) is 0 Å². The summed E-state index contributed by atoms with van der Waals surface area (Å²) in [6.45, 7) is 5.93. The number of carbonyl (C=O) groups excluding carboxylic acids is 1. The molecule has 0 bridgehead atoms. The highest BCUT2D eigenvalue weighted by Crippen LogP contribution is 2.35. The van der Waals surface area contributed by atoms with E-state index >= 15 is 0 Å². The van der Waals surface area contributed by atoms with Crippen LogP contribution in [0.4, 0.5) is 0 Å². The lowest BCUT2D eigenvalue weighted by atomic mass is 9.83. The van der Waals surface area contributed by atoms with Crippen molar-refractivity contribution < 1.29 is 14.3 Å². The van der Waals surface area contributed by atoms with Crippen LogP contribution in [0.2, 0.25) is 0 Å². The Morgan fingerprint density at radius 3 is 2.33 bits per heavy atom. The molecule has 2 aromatic rings. The van der Waals surface area contributed by atoms with Crippen molar-refractivity contribution in [1.82, 2.24) is 0 Å². The molecule has 27 heavy (non-hydrogen) atoms. The van der Waals surface area contributed by atoms with Crippen molar-refractivity contribution in [2.45, 2.75) is 30.9 Å². The first-order chi connectivity index (χ1) is 13.0. The molecule has 4 heteroatoms. The van der Waals surface area contributed by atoms with Gasteiger partial charge in [-0.3, -0.25) is 4.99 Å². The van der Waals surface area contributed by atoms with E-state index in [1.54, 1.807) is 13.2 Å². The summed E-state index contributed by atoms with van der Waals surface area (Å²) in [5, 5.41) is 0. The number of esters is 1. The highest BCUT2D eigenvalue weighted by Gasteiger charge is 2.50. The third-order valence-electron chi connectivity index (χ3n) is 4.81. The summed E-state index contributed by atoms with van der Waals surface area (Å²) in [4.78, 5) is 18.2. The van der Waals surface area contributed by atoms with Crippen LogP contribution in [-0.2, 0) is 20.7 Å². The Labute approximate surface area is 160 Å². The van der Waals surface area contributed by atoms with Crippen LogP contribution in [0.15, 0.2) is 78.3 Å². The fourth-order valence-electron chi connectivity index (χ4n) is 3.55. The predicted octanol–water partition coefficient (Wildman–Crippen LogP) is 4.00. The van der Waals surface area contributed by atoms with E-state index in [-0.39, 0.29) is 12.6 Å². The molecular weight excluding hydrogens is 338 g/mol. The normalized spacial score (nSPS) is 24.8. The molecule has 3 rings (SSSR count). The number of benzene rings is 2. The molecule has 0 radical (unpaired) electrons. The van der Waals surface area contributed by atoms with Crippen molar-refractivity contribution in [2.75, 3.05) is 13.7 Å². The number of rotatable bonds is 7. The van der Waals surface area contributed by atoms with Crippen LogP contribution in [0.25, 0.3) is 0 Å². The Kier molecular flexibility index (Phi) is 5.57. The second-order valence-corrected chi connectivity index (χ2v) is 7.07. The van der Waals surface area contributed by atoms with E-state index in [9.17, 15) is 4.79 Å². The average Bonchev–Trinajstić information content (AvgIpc) is 2.67. The zero-order chi connectivity index (χ0) is 19.3. The van der Waals surface area contributed by atoms with Crippen LogP contribution >= 0.6 is 0 Å². The van der Waals surface area contributed by atoms with Gasteiger partial charge in [0.1, 0.15) is 0 Å². The minimum absolute atomic E-state index is 0.238. The van der Waals surface area contributed by atoms with Gasteiger partial charge in [0.2, 0.25) is 0 Å². The monoisotopic (exact) mass is 363 g/mol. The van der Waals surface area contributed by atoms with Gasteiger partial charge in [-0.1, -0.05) is 66.7 Å². The van der Waals surface area contributed by atoms with Crippen LogP contribution in [0.5, 0.6) is 0 Å². The van der Waals surface area contributed by atoms with Gasteiger partial charge in [-0.15, -0.1) is 6.58 Å². The molecule has 1 aliphatic heterocycles. The largest absolute Gasteiger partial charge is 0.449 e. The van der Waals surface area contributed by atoms with E-state index in [4.69, 9.17) is 14.5 Å². The standard InChI is InChI=1S/C23H25NO3/c1-4-15-23(16-18-11-7-5-8-12-18)21(25)27-22(2,17-26-3)20(24-23)19-13-9-6-10-14-19/h4-14H,1,15-17H2,2-3H3/t22-,23+/m0/s1. The summed E-state index contributed by atoms with van der Waals surface area (Å²) < 4.78 is 11.3. The van der Waals surface area contributed by atoms with Crippen LogP contribution in [0.1, 0.15) is 24.5 Å². The zero-order valence-corrected chi connectivity index (χ0v) is 15.9. The Morgan fingerprint density at radius 1 is 1.11 bits per heavy atom. The molecule has 0 spiro atoms. The number of nitrogens with zero attached hydrogens (tertiary/aromatic N) is 1. The van der Waals surface area contributed by atoms with E-state index in [1.165, 1.54) is 0 Å². The molecule has 0 amide bonds. The van der Waals surface area contributed by atoms with Crippen LogP contribution < -0.4 is 0 Å². The summed E-state index contributed by atoms with van der Waals surface area (Å²) >= 11 is 0. The maximum Gasteiger partial charge on any atom is 0.335 e. The van der Waals surface area contributed by atoms with Crippen molar-refractivity contribution in [3.05, 3.63) is 84.4 Å². The smallest absolute Gasteiger partial charge is 0.335 e. The molecule has 0 fully saturated rings. The second kappa shape index (κ2) is 7.89. The van der Waals surface area contributed by atoms with Crippen molar-refractivity contribution in [2.24, 2.45) is 4.99 Å². The van der Waals surface area contributed by atoms with Gasteiger partial charge in [0.25, 0.3) is 0 Å². The molecule has 2 aromatic carbocycles. The Balaban J connectivity index is 2.14. The number of methoxy groups -OCH3 is 1. The van der Waals surface area contributed by atoms with Gasteiger partial charge in [-0.05, 0) is 18.1 Å².